The molecule has 0 aromatic rings. The van der Waals surface area contributed by atoms with Crippen LogP contribution in [0.25, 0.3) is 0 Å². The van der Waals surface area contributed by atoms with Crippen LogP contribution in [0.4, 0.5) is 0 Å². The first-order valence-corrected chi connectivity index (χ1v) is 4.41. The summed E-state index contributed by atoms with van der Waals surface area (Å²) >= 11 is 0. The van der Waals surface area contributed by atoms with Crippen LogP contribution in [-0.4, -0.2) is 25.8 Å². The zero-order valence-corrected chi connectivity index (χ0v) is 7.62. The molecule has 0 aliphatic carbocycles. The van der Waals surface area contributed by atoms with E-state index in [1.54, 1.807) is 6.08 Å². The van der Waals surface area contributed by atoms with Crippen molar-refractivity contribution in [3.63, 3.8) is 0 Å². The Labute approximate surface area is 78.0 Å². The molecule has 0 saturated carbocycles. The van der Waals surface area contributed by atoms with Gasteiger partial charge in [0.2, 0.25) is 0 Å². The van der Waals surface area contributed by atoms with Gasteiger partial charge in [0, 0.05) is 5.41 Å². The summed E-state index contributed by atoms with van der Waals surface area (Å²) in [5.74, 6) is -0.969. The molecule has 0 radical (unpaired) electrons. The average molecular weight is 182 g/mol. The molecule has 2 bridgehead atoms. The Balaban J connectivity index is 2.10. The predicted octanol–water partition coefficient (Wildman–Crippen LogP) is 1.47. The monoisotopic (exact) mass is 182 g/mol. The Morgan fingerprint density at radius 3 is 2.00 bits per heavy atom. The lowest BCUT2D eigenvalue weighted by Gasteiger charge is -2.50. The van der Waals surface area contributed by atoms with Gasteiger partial charge in [0.15, 0.2) is 0 Å². The zero-order chi connectivity index (χ0) is 9.36. The number of fused-ring (bicyclic) bond motifs is 3. The lowest BCUT2D eigenvalue weighted by Crippen LogP contribution is -2.58. The normalized spacial score (nSPS) is 43.1. The third-order valence-corrected chi connectivity index (χ3v) is 2.57. The Morgan fingerprint density at radius 2 is 1.62 bits per heavy atom. The summed E-state index contributed by atoms with van der Waals surface area (Å²) in [6.07, 6.45) is 4.30. The maximum absolute atomic E-state index is 5.46. The van der Waals surface area contributed by atoms with E-state index in [0.717, 1.165) is 6.42 Å². The quantitative estimate of drug-likeness (QED) is 0.618. The second-order valence-electron chi connectivity index (χ2n) is 3.67. The molecular formula is C10H14O3. The molecule has 0 amide bonds. The molecule has 13 heavy (non-hydrogen) atoms. The molecule has 0 atom stereocenters. The standard InChI is InChI=1S/C10H14O3/c1-3-5-9-6-11-10(4-2,12-7-9)13-8-9/h3-4H,1-2,5-8H2. The molecule has 3 aliphatic heterocycles. The van der Waals surface area contributed by atoms with Crippen molar-refractivity contribution in [2.24, 2.45) is 5.41 Å². The number of allylic oxidation sites excluding steroid dienone is 1. The second kappa shape index (κ2) is 2.94. The van der Waals surface area contributed by atoms with E-state index in [1.165, 1.54) is 0 Å². The molecule has 3 heteroatoms. The summed E-state index contributed by atoms with van der Waals surface area (Å²) in [7, 11) is 0. The topological polar surface area (TPSA) is 27.7 Å². The largest absolute Gasteiger partial charge is 0.323 e. The molecule has 3 heterocycles. The van der Waals surface area contributed by atoms with Gasteiger partial charge in [-0.3, -0.25) is 0 Å². The highest BCUT2D eigenvalue weighted by Crippen LogP contribution is 2.40. The van der Waals surface area contributed by atoms with Crippen molar-refractivity contribution >= 4 is 0 Å². The average Bonchev–Trinajstić information content (AvgIpc) is 2.21. The molecule has 72 valence electrons. The van der Waals surface area contributed by atoms with Gasteiger partial charge in [0.25, 0.3) is 0 Å². The Hall–Kier alpha value is -0.640. The van der Waals surface area contributed by atoms with Crippen LogP contribution in [0.2, 0.25) is 0 Å². The highest BCUT2D eigenvalue weighted by Gasteiger charge is 2.50. The van der Waals surface area contributed by atoms with Gasteiger partial charge in [0.05, 0.1) is 19.8 Å². The van der Waals surface area contributed by atoms with Gasteiger partial charge in [-0.25, -0.2) is 0 Å². The SMILES string of the molecule is C=CCC12COC(C=C)(OC1)OC2. The fraction of sp³-hybridized carbons (Fsp3) is 0.600. The van der Waals surface area contributed by atoms with Crippen LogP contribution < -0.4 is 0 Å². The van der Waals surface area contributed by atoms with Crippen molar-refractivity contribution in [3.8, 4) is 0 Å². The molecule has 0 aromatic carbocycles. The Kier molecular flexibility index (Phi) is 2.02. The summed E-state index contributed by atoms with van der Waals surface area (Å²) in [6, 6.07) is 0. The molecule has 3 nitrogen and oxygen atoms in total. The number of hydrogen-bond donors (Lipinski definition) is 0. The van der Waals surface area contributed by atoms with Crippen molar-refractivity contribution in [3.05, 3.63) is 25.3 Å². The fourth-order valence-corrected chi connectivity index (χ4v) is 1.67. The molecule has 0 unspecified atom stereocenters. The minimum absolute atomic E-state index is 0.0213. The Morgan fingerprint density at radius 1 is 1.08 bits per heavy atom. The third kappa shape index (κ3) is 1.33. The van der Waals surface area contributed by atoms with E-state index >= 15 is 0 Å². The van der Waals surface area contributed by atoms with Gasteiger partial charge in [-0.15, -0.1) is 6.58 Å². The van der Waals surface area contributed by atoms with Crippen LogP contribution in [-0.2, 0) is 14.2 Å². The molecular weight excluding hydrogens is 168 g/mol. The van der Waals surface area contributed by atoms with Crippen LogP contribution in [0.5, 0.6) is 0 Å². The van der Waals surface area contributed by atoms with E-state index in [0.29, 0.717) is 19.8 Å². The van der Waals surface area contributed by atoms with E-state index < -0.39 is 5.97 Å². The summed E-state index contributed by atoms with van der Waals surface area (Å²) in [5, 5.41) is 0. The van der Waals surface area contributed by atoms with Crippen molar-refractivity contribution in [2.75, 3.05) is 19.8 Å². The minimum atomic E-state index is -0.969. The van der Waals surface area contributed by atoms with Crippen LogP contribution >= 0.6 is 0 Å². The number of ether oxygens (including phenoxy) is 3. The molecule has 0 aromatic heterocycles. The minimum Gasteiger partial charge on any atom is -0.323 e. The van der Waals surface area contributed by atoms with Crippen LogP contribution in [0.1, 0.15) is 6.42 Å². The van der Waals surface area contributed by atoms with E-state index in [9.17, 15) is 0 Å². The first kappa shape index (κ1) is 8.94. The van der Waals surface area contributed by atoms with Gasteiger partial charge in [-0.05, 0) is 12.5 Å². The van der Waals surface area contributed by atoms with Crippen LogP contribution in [0, 0.1) is 5.41 Å². The van der Waals surface area contributed by atoms with Crippen molar-refractivity contribution in [1.82, 2.24) is 0 Å². The van der Waals surface area contributed by atoms with Gasteiger partial charge in [-0.2, -0.15) is 0 Å². The molecule has 3 saturated heterocycles. The zero-order valence-electron chi connectivity index (χ0n) is 7.62. The smallest absolute Gasteiger partial charge is 0.304 e. The lowest BCUT2D eigenvalue weighted by molar-refractivity contribution is -0.443. The molecule has 3 rings (SSSR count). The molecule has 3 fully saturated rings. The predicted molar refractivity (Wildman–Crippen MR) is 48.0 cm³/mol. The van der Waals surface area contributed by atoms with Gasteiger partial charge in [-0.1, -0.05) is 12.7 Å². The van der Waals surface area contributed by atoms with E-state index in [-0.39, 0.29) is 5.41 Å². The van der Waals surface area contributed by atoms with Crippen molar-refractivity contribution in [1.29, 1.82) is 0 Å². The summed E-state index contributed by atoms with van der Waals surface area (Å²) in [4.78, 5) is 0. The van der Waals surface area contributed by atoms with Crippen LogP contribution in [0.15, 0.2) is 25.3 Å². The van der Waals surface area contributed by atoms with E-state index in [2.05, 4.69) is 13.2 Å². The highest BCUT2D eigenvalue weighted by atomic mass is 16.9. The fourth-order valence-electron chi connectivity index (χ4n) is 1.67. The summed E-state index contributed by atoms with van der Waals surface area (Å²) in [5.41, 5.74) is -0.0213. The second-order valence-corrected chi connectivity index (χ2v) is 3.67. The summed E-state index contributed by atoms with van der Waals surface area (Å²) < 4.78 is 16.4. The molecule has 3 aliphatic rings. The maximum Gasteiger partial charge on any atom is 0.304 e. The van der Waals surface area contributed by atoms with Crippen LogP contribution in [0.3, 0.4) is 0 Å². The first-order chi connectivity index (χ1) is 6.24. The van der Waals surface area contributed by atoms with E-state index in [4.69, 9.17) is 14.2 Å². The van der Waals surface area contributed by atoms with E-state index in [1.807, 2.05) is 6.08 Å². The highest BCUT2D eigenvalue weighted by molar-refractivity contribution is 4.97. The Bertz CT molecular complexity index is 210. The lowest BCUT2D eigenvalue weighted by atomic mass is 9.85. The number of hydrogen-bond acceptors (Lipinski definition) is 3. The van der Waals surface area contributed by atoms with Gasteiger partial charge >= 0.3 is 5.97 Å². The molecule has 0 N–H and O–H groups in total. The number of rotatable bonds is 3. The first-order valence-electron chi connectivity index (χ1n) is 4.41. The maximum atomic E-state index is 5.46. The molecule has 0 spiro atoms. The third-order valence-electron chi connectivity index (χ3n) is 2.57. The van der Waals surface area contributed by atoms with Gasteiger partial charge in [0.1, 0.15) is 0 Å². The van der Waals surface area contributed by atoms with Crippen molar-refractivity contribution < 1.29 is 14.2 Å². The van der Waals surface area contributed by atoms with Crippen molar-refractivity contribution in [2.45, 2.75) is 12.4 Å². The summed E-state index contributed by atoms with van der Waals surface area (Å²) in [6.45, 7) is 9.31. The van der Waals surface area contributed by atoms with Gasteiger partial charge < -0.3 is 14.2 Å².